The molecule has 0 unspecified atom stereocenters. The maximum absolute atomic E-state index is 3.45. The fourth-order valence-electron chi connectivity index (χ4n) is 2.29. The fraction of sp³-hybridized carbons (Fsp3) is 0.625. The third-order valence-corrected chi connectivity index (χ3v) is 3.87. The molecule has 0 aliphatic carbocycles. The van der Waals surface area contributed by atoms with Gasteiger partial charge in [0.05, 0.1) is 0 Å². The molecule has 0 aromatic heterocycles. The molecule has 2 heteroatoms. The number of nitrogens with zero attached hydrogens (tertiary/aromatic N) is 1. The van der Waals surface area contributed by atoms with E-state index in [1.807, 2.05) is 0 Å². The zero-order valence-electron chi connectivity index (χ0n) is 12.1. The van der Waals surface area contributed by atoms with E-state index in [-0.39, 0.29) is 0 Å². The number of rotatable bonds is 5. The number of hydrogen-bond donors (Lipinski definition) is 1. The van der Waals surface area contributed by atoms with Gasteiger partial charge in [0.1, 0.15) is 0 Å². The van der Waals surface area contributed by atoms with Crippen LogP contribution < -0.4 is 10.2 Å². The van der Waals surface area contributed by atoms with Crippen molar-refractivity contribution >= 4 is 5.69 Å². The summed E-state index contributed by atoms with van der Waals surface area (Å²) < 4.78 is 0. The molecule has 0 amide bonds. The Morgan fingerprint density at radius 1 is 1.11 bits per heavy atom. The summed E-state index contributed by atoms with van der Waals surface area (Å²) in [6.45, 7) is 12.4. The summed E-state index contributed by atoms with van der Waals surface area (Å²) in [6, 6.07) is 9.55. The largest absolute Gasteiger partial charge is 0.371 e. The van der Waals surface area contributed by atoms with Crippen LogP contribution in [0.2, 0.25) is 0 Å². The lowest BCUT2D eigenvalue weighted by atomic mass is 9.88. The summed E-state index contributed by atoms with van der Waals surface area (Å²) in [5, 5.41) is 3.45. The molecule has 1 aromatic rings. The molecule has 0 saturated carbocycles. The van der Waals surface area contributed by atoms with Crippen LogP contribution in [-0.4, -0.2) is 19.1 Å². The Bertz CT molecular complexity index is 361. The van der Waals surface area contributed by atoms with Crippen molar-refractivity contribution in [2.75, 3.05) is 18.0 Å². The van der Waals surface area contributed by atoms with Crippen molar-refractivity contribution < 1.29 is 0 Å². The van der Waals surface area contributed by atoms with E-state index in [0.717, 1.165) is 18.4 Å². The first-order valence-corrected chi connectivity index (χ1v) is 7.13. The van der Waals surface area contributed by atoms with Gasteiger partial charge in [0.15, 0.2) is 0 Å². The summed E-state index contributed by atoms with van der Waals surface area (Å²) >= 11 is 0. The first-order valence-electron chi connectivity index (χ1n) is 7.13. The third kappa shape index (κ3) is 3.26. The van der Waals surface area contributed by atoms with Gasteiger partial charge in [0.25, 0.3) is 0 Å². The van der Waals surface area contributed by atoms with Crippen LogP contribution in [0.3, 0.4) is 0 Å². The van der Waals surface area contributed by atoms with Crippen molar-refractivity contribution in [3.05, 3.63) is 29.8 Å². The van der Waals surface area contributed by atoms with E-state index in [1.54, 1.807) is 0 Å². The quantitative estimate of drug-likeness (QED) is 0.857. The van der Waals surface area contributed by atoms with Gasteiger partial charge in [-0.25, -0.2) is 0 Å². The van der Waals surface area contributed by atoms with E-state index < -0.39 is 0 Å². The Balaban J connectivity index is 1.85. The monoisotopic (exact) mass is 246 g/mol. The molecule has 1 N–H and O–H groups in total. The predicted molar refractivity (Wildman–Crippen MR) is 79.0 cm³/mol. The van der Waals surface area contributed by atoms with Gasteiger partial charge in [-0.15, -0.1) is 0 Å². The van der Waals surface area contributed by atoms with Crippen molar-refractivity contribution in [1.82, 2.24) is 5.32 Å². The molecule has 0 bridgehead atoms. The highest BCUT2D eigenvalue weighted by molar-refractivity contribution is 5.49. The number of hydrogen-bond acceptors (Lipinski definition) is 2. The predicted octanol–water partition coefficient (Wildman–Crippen LogP) is 3.28. The van der Waals surface area contributed by atoms with Crippen LogP contribution in [0.1, 0.15) is 33.3 Å². The summed E-state index contributed by atoms with van der Waals surface area (Å²) in [5.41, 5.74) is 2.74. The minimum atomic E-state index is 0.548. The SMILES string of the molecule is CC(C)NCc1ccc(N2CC(C(C)C)C2)cc1. The molecular formula is C16H26N2. The number of anilines is 1. The van der Waals surface area contributed by atoms with Gasteiger partial charge in [-0.1, -0.05) is 39.8 Å². The minimum Gasteiger partial charge on any atom is -0.371 e. The lowest BCUT2D eigenvalue weighted by Gasteiger charge is -2.43. The molecule has 1 heterocycles. The molecule has 18 heavy (non-hydrogen) atoms. The molecule has 1 saturated heterocycles. The molecule has 1 aliphatic rings. The second-order valence-corrected chi connectivity index (χ2v) is 6.11. The second kappa shape index (κ2) is 5.75. The lowest BCUT2D eigenvalue weighted by Crippen LogP contribution is -2.49. The molecule has 1 fully saturated rings. The van der Waals surface area contributed by atoms with Crippen molar-refractivity contribution in [2.45, 2.75) is 40.3 Å². The summed E-state index contributed by atoms with van der Waals surface area (Å²) in [4.78, 5) is 2.48. The topological polar surface area (TPSA) is 15.3 Å². The second-order valence-electron chi connectivity index (χ2n) is 6.11. The van der Waals surface area contributed by atoms with Crippen LogP contribution >= 0.6 is 0 Å². The Hall–Kier alpha value is -1.02. The van der Waals surface area contributed by atoms with E-state index in [4.69, 9.17) is 0 Å². The Morgan fingerprint density at radius 2 is 1.72 bits per heavy atom. The molecule has 0 atom stereocenters. The van der Waals surface area contributed by atoms with Crippen LogP contribution in [0, 0.1) is 11.8 Å². The standard InChI is InChI=1S/C16H26N2/c1-12(2)15-10-18(11-15)16-7-5-14(6-8-16)9-17-13(3)4/h5-8,12-13,15,17H,9-11H2,1-4H3. The maximum Gasteiger partial charge on any atom is 0.0366 e. The zero-order chi connectivity index (χ0) is 13.1. The molecule has 2 nitrogen and oxygen atoms in total. The van der Waals surface area contributed by atoms with Crippen LogP contribution in [0.5, 0.6) is 0 Å². The van der Waals surface area contributed by atoms with Crippen molar-refractivity contribution in [3.8, 4) is 0 Å². The van der Waals surface area contributed by atoms with E-state index in [9.17, 15) is 0 Å². The van der Waals surface area contributed by atoms with E-state index >= 15 is 0 Å². The van der Waals surface area contributed by atoms with Crippen molar-refractivity contribution in [2.24, 2.45) is 11.8 Å². The highest BCUT2D eigenvalue weighted by Gasteiger charge is 2.28. The van der Waals surface area contributed by atoms with Gasteiger partial charge < -0.3 is 10.2 Å². The fourth-order valence-corrected chi connectivity index (χ4v) is 2.29. The average Bonchev–Trinajstić information content (AvgIpc) is 2.25. The van der Waals surface area contributed by atoms with Gasteiger partial charge >= 0.3 is 0 Å². The molecule has 1 aliphatic heterocycles. The average molecular weight is 246 g/mol. The highest BCUT2D eigenvalue weighted by atomic mass is 15.2. The maximum atomic E-state index is 3.45. The molecule has 0 spiro atoms. The van der Waals surface area contributed by atoms with Gasteiger partial charge in [0, 0.05) is 31.4 Å². The molecule has 100 valence electrons. The minimum absolute atomic E-state index is 0.548. The van der Waals surface area contributed by atoms with Gasteiger partial charge in [-0.3, -0.25) is 0 Å². The van der Waals surface area contributed by atoms with Crippen LogP contribution in [0.25, 0.3) is 0 Å². The first-order chi connectivity index (χ1) is 8.56. The molecular weight excluding hydrogens is 220 g/mol. The Morgan fingerprint density at radius 3 is 2.22 bits per heavy atom. The molecule has 2 rings (SSSR count). The third-order valence-electron chi connectivity index (χ3n) is 3.87. The lowest BCUT2D eigenvalue weighted by molar-refractivity contribution is 0.310. The zero-order valence-corrected chi connectivity index (χ0v) is 12.1. The summed E-state index contributed by atoms with van der Waals surface area (Å²) in [6.07, 6.45) is 0. The Kier molecular flexibility index (Phi) is 4.28. The first kappa shape index (κ1) is 13.4. The summed E-state index contributed by atoms with van der Waals surface area (Å²) in [7, 11) is 0. The molecule has 0 radical (unpaired) electrons. The number of nitrogens with one attached hydrogen (secondary N) is 1. The van der Waals surface area contributed by atoms with Crippen LogP contribution in [-0.2, 0) is 6.54 Å². The molecule has 1 aromatic carbocycles. The summed E-state index contributed by atoms with van der Waals surface area (Å²) in [5.74, 6) is 1.70. The van der Waals surface area contributed by atoms with Gasteiger partial charge in [-0.2, -0.15) is 0 Å². The van der Waals surface area contributed by atoms with E-state index in [1.165, 1.54) is 24.3 Å². The Labute approximate surface area is 111 Å². The van der Waals surface area contributed by atoms with E-state index in [2.05, 4.69) is 62.2 Å². The van der Waals surface area contributed by atoms with E-state index in [0.29, 0.717) is 6.04 Å². The van der Waals surface area contributed by atoms with Crippen LogP contribution in [0.4, 0.5) is 5.69 Å². The highest BCUT2D eigenvalue weighted by Crippen LogP contribution is 2.29. The van der Waals surface area contributed by atoms with Crippen molar-refractivity contribution in [1.29, 1.82) is 0 Å². The van der Waals surface area contributed by atoms with Crippen LogP contribution in [0.15, 0.2) is 24.3 Å². The smallest absolute Gasteiger partial charge is 0.0366 e. The number of benzene rings is 1. The van der Waals surface area contributed by atoms with Crippen molar-refractivity contribution in [3.63, 3.8) is 0 Å². The van der Waals surface area contributed by atoms with Gasteiger partial charge in [0.2, 0.25) is 0 Å². The normalized spacial score (nSPS) is 16.4. The van der Waals surface area contributed by atoms with Gasteiger partial charge in [-0.05, 0) is 29.5 Å².